The van der Waals surface area contributed by atoms with Gasteiger partial charge >= 0.3 is 0 Å². The van der Waals surface area contributed by atoms with Gasteiger partial charge in [0.25, 0.3) is 0 Å². The number of rotatable bonds is 1. The van der Waals surface area contributed by atoms with E-state index in [2.05, 4.69) is 12.2 Å². The summed E-state index contributed by atoms with van der Waals surface area (Å²) in [5, 5.41) is 0. The van der Waals surface area contributed by atoms with Crippen molar-refractivity contribution in [3.05, 3.63) is 12.2 Å². The van der Waals surface area contributed by atoms with Crippen LogP contribution in [0.2, 0.25) is 0 Å². The van der Waals surface area contributed by atoms with Gasteiger partial charge in [0.15, 0.2) is 0 Å². The zero-order valence-electron chi connectivity index (χ0n) is 9.42. The predicted octanol–water partition coefficient (Wildman–Crippen LogP) is 3.20. The van der Waals surface area contributed by atoms with Gasteiger partial charge in [-0.05, 0) is 31.1 Å². The van der Waals surface area contributed by atoms with Crippen molar-refractivity contribution in [2.75, 3.05) is 0 Å². The fourth-order valence-electron chi connectivity index (χ4n) is 2.79. The first kappa shape index (κ1) is 9.95. The van der Waals surface area contributed by atoms with Crippen LogP contribution in [0.1, 0.15) is 40.0 Å². The van der Waals surface area contributed by atoms with Crippen LogP contribution in [-0.2, 0) is 4.79 Å². The molecule has 14 heavy (non-hydrogen) atoms. The van der Waals surface area contributed by atoms with Crippen LogP contribution in [0.4, 0.5) is 0 Å². The van der Waals surface area contributed by atoms with Crippen molar-refractivity contribution >= 4 is 5.78 Å². The highest BCUT2D eigenvalue weighted by atomic mass is 16.1. The summed E-state index contributed by atoms with van der Waals surface area (Å²) in [6, 6.07) is 0. The van der Waals surface area contributed by atoms with E-state index in [9.17, 15) is 4.79 Å². The fraction of sp³-hybridized carbons (Fsp3) is 0.769. The SMILES string of the molecule is CC(C)(C)C(=O)[C@H]1C[C@H]2C=C[C@@H]1CC2. The summed E-state index contributed by atoms with van der Waals surface area (Å²) in [5.41, 5.74) is -0.157. The second-order valence-electron chi connectivity index (χ2n) is 5.84. The van der Waals surface area contributed by atoms with Gasteiger partial charge in [-0.1, -0.05) is 32.9 Å². The standard InChI is InChI=1S/C13H20O/c1-13(2,3)12(14)11-8-9-4-6-10(11)7-5-9/h4,6,9-11H,5,7-8H2,1-3H3/t9-,10+,11-/m0/s1. The van der Waals surface area contributed by atoms with Crippen molar-refractivity contribution in [2.45, 2.75) is 40.0 Å². The molecule has 3 aliphatic rings. The first-order valence-corrected chi connectivity index (χ1v) is 5.71. The molecular formula is C13H20O. The highest BCUT2D eigenvalue weighted by molar-refractivity contribution is 5.86. The molecule has 0 spiro atoms. The largest absolute Gasteiger partial charge is 0.299 e. The van der Waals surface area contributed by atoms with E-state index < -0.39 is 0 Å². The molecule has 0 radical (unpaired) electrons. The Balaban J connectivity index is 2.14. The van der Waals surface area contributed by atoms with Crippen LogP contribution >= 0.6 is 0 Å². The first-order chi connectivity index (χ1) is 6.48. The Bertz CT molecular complexity index is 269. The molecule has 78 valence electrons. The Morgan fingerprint density at radius 2 is 1.93 bits per heavy atom. The van der Waals surface area contributed by atoms with Gasteiger partial charge in [0.05, 0.1) is 0 Å². The lowest BCUT2D eigenvalue weighted by Crippen LogP contribution is -2.38. The number of allylic oxidation sites excluding steroid dienone is 2. The summed E-state index contributed by atoms with van der Waals surface area (Å²) >= 11 is 0. The number of Topliss-reactive ketones (excluding diaryl/α,β-unsaturated/α-hetero) is 1. The summed E-state index contributed by atoms with van der Waals surface area (Å²) in [6.07, 6.45) is 8.24. The molecule has 0 N–H and O–H groups in total. The maximum Gasteiger partial charge on any atom is 0.141 e. The van der Waals surface area contributed by atoms with Gasteiger partial charge in [-0.2, -0.15) is 0 Å². The molecule has 1 heteroatoms. The van der Waals surface area contributed by atoms with Crippen molar-refractivity contribution < 1.29 is 4.79 Å². The maximum atomic E-state index is 12.2. The Labute approximate surface area is 86.6 Å². The minimum absolute atomic E-state index is 0.157. The summed E-state index contributed by atoms with van der Waals surface area (Å²) in [7, 11) is 0. The summed E-state index contributed by atoms with van der Waals surface area (Å²) in [6.45, 7) is 6.13. The normalized spacial score (nSPS) is 36.1. The molecule has 3 aliphatic carbocycles. The quantitative estimate of drug-likeness (QED) is 0.583. The Hall–Kier alpha value is -0.590. The molecule has 3 rings (SSSR count). The van der Waals surface area contributed by atoms with Crippen molar-refractivity contribution in [1.29, 1.82) is 0 Å². The van der Waals surface area contributed by atoms with Crippen LogP contribution in [0.3, 0.4) is 0 Å². The Morgan fingerprint density at radius 3 is 2.29 bits per heavy atom. The van der Waals surface area contributed by atoms with Crippen LogP contribution in [0, 0.1) is 23.2 Å². The van der Waals surface area contributed by atoms with Gasteiger partial charge in [-0.25, -0.2) is 0 Å². The minimum atomic E-state index is -0.157. The molecule has 0 heterocycles. The van der Waals surface area contributed by atoms with E-state index in [1.54, 1.807) is 0 Å². The van der Waals surface area contributed by atoms with Gasteiger partial charge in [-0.3, -0.25) is 4.79 Å². The number of ketones is 1. The lowest BCUT2D eigenvalue weighted by atomic mass is 9.64. The molecule has 1 saturated carbocycles. The second kappa shape index (κ2) is 3.22. The number of fused-ring (bicyclic) bond motifs is 2. The van der Waals surface area contributed by atoms with Crippen molar-refractivity contribution in [3.63, 3.8) is 0 Å². The molecule has 0 aromatic carbocycles. The van der Waals surface area contributed by atoms with E-state index in [0.29, 0.717) is 23.5 Å². The number of carbonyl (C=O) groups is 1. The molecule has 0 aliphatic heterocycles. The highest BCUT2D eigenvalue weighted by Gasteiger charge is 2.39. The molecule has 0 unspecified atom stereocenters. The third kappa shape index (κ3) is 1.65. The zero-order chi connectivity index (χ0) is 10.3. The third-order valence-corrected chi connectivity index (χ3v) is 3.65. The van der Waals surface area contributed by atoms with Gasteiger partial charge in [-0.15, -0.1) is 0 Å². The molecule has 0 saturated heterocycles. The topological polar surface area (TPSA) is 17.1 Å². The average Bonchev–Trinajstić information content (AvgIpc) is 2.17. The third-order valence-electron chi connectivity index (χ3n) is 3.65. The van der Waals surface area contributed by atoms with Gasteiger partial charge in [0.2, 0.25) is 0 Å². The monoisotopic (exact) mass is 192 g/mol. The minimum Gasteiger partial charge on any atom is -0.299 e. The number of hydrogen-bond acceptors (Lipinski definition) is 1. The summed E-state index contributed by atoms with van der Waals surface area (Å²) in [4.78, 5) is 12.2. The highest BCUT2D eigenvalue weighted by Crippen LogP contribution is 2.43. The fourth-order valence-corrected chi connectivity index (χ4v) is 2.79. The molecule has 1 nitrogen and oxygen atoms in total. The van der Waals surface area contributed by atoms with Crippen molar-refractivity contribution in [3.8, 4) is 0 Å². The molecule has 1 fully saturated rings. The van der Waals surface area contributed by atoms with Crippen LogP contribution in [0.15, 0.2) is 12.2 Å². The molecule has 0 aromatic rings. The summed E-state index contributed by atoms with van der Waals surface area (Å²) in [5.74, 6) is 2.03. The van der Waals surface area contributed by atoms with E-state index in [4.69, 9.17) is 0 Å². The lowest BCUT2D eigenvalue weighted by molar-refractivity contribution is -0.133. The molecular weight excluding hydrogens is 172 g/mol. The smallest absolute Gasteiger partial charge is 0.141 e. The lowest BCUT2D eigenvalue weighted by Gasteiger charge is -2.39. The molecule has 2 bridgehead atoms. The van der Waals surface area contributed by atoms with Crippen LogP contribution in [0.5, 0.6) is 0 Å². The van der Waals surface area contributed by atoms with E-state index in [1.807, 2.05) is 20.8 Å². The number of carbonyl (C=O) groups excluding carboxylic acids is 1. The van der Waals surface area contributed by atoms with E-state index >= 15 is 0 Å². The van der Waals surface area contributed by atoms with Gasteiger partial charge < -0.3 is 0 Å². The Morgan fingerprint density at radius 1 is 1.21 bits per heavy atom. The summed E-state index contributed by atoms with van der Waals surface area (Å²) < 4.78 is 0. The van der Waals surface area contributed by atoms with Crippen LogP contribution < -0.4 is 0 Å². The Kier molecular flexibility index (Phi) is 2.29. The predicted molar refractivity (Wildman–Crippen MR) is 57.9 cm³/mol. The maximum absolute atomic E-state index is 12.2. The van der Waals surface area contributed by atoms with Crippen LogP contribution in [-0.4, -0.2) is 5.78 Å². The van der Waals surface area contributed by atoms with Crippen molar-refractivity contribution in [1.82, 2.24) is 0 Å². The van der Waals surface area contributed by atoms with Crippen LogP contribution in [0.25, 0.3) is 0 Å². The second-order valence-corrected chi connectivity index (χ2v) is 5.84. The van der Waals surface area contributed by atoms with E-state index in [0.717, 1.165) is 6.42 Å². The van der Waals surface area contributed by atoms with E-state index in [-0.39, 0.29) is 5.41 Å². The number of hydrogen-bond donors (Lipinski definition) is 0. The van der Waals surface area contributed by atoms with Gasteiger partial charge in [0, 0.05) is 11.3 Å². The van der Waals surface area contributed by atoms with Crippen molar-refractivity contribution in [2.24, 2.45) is 23.2 Å². The van der Waals surface area contributed by atoms with Gasteiger partial charge in [0.1, 0.15) is 5.78 Å². The van der Waals surface area contributed by atoms with E-state index in [1.165, 1.54) is 12.8 Å². The molecule has 0 amide bonds. The molecule has 0 aromatic heterocycles. The molecule has 3 atom stereocenters. The zero-order valence-corrected chi connectivity index (χ0v) is 9.42. The average molecular weight is 192 g/mol. The first-order valence-electron chi connectivity index (χ1n) is 5.71.